The number of anilines is 1. The molecular formula is C15H27N3. The molecule has 1 aliphatic rings. The van der Waals surface area contributed by atoms with Gasteiger partial charge in [-0.05, 0) is 44.4 Å². The largest absolute Gasteiger partial charge is 0.356 e. The Hall–Kier alpha value is -0.990. The first-order valence-corrected chi connectivity index (χ1v) is 7.41. The quantitative estimate of drug-likeness (QED) is 0.873. The van der Waals surface area contributed by atoms with Gasteiger partial charge in [-0.25, -0.2) is 4.98 Å². The fourth-order valence-corrected chi connectivity index (χ4v) is 2.93. The van der Waals surface area contributed by atoms with E-state index in [2.05, 4.69) is 48.8 Å². The Bertz CT molecular complexity index is 383. The van der Waals surface area contributed by atoms with Crippen molar-refractivity contribution < 1.29 is 0 Å². The summed E-state index contributed by atoms with van der Waals surface area (Å²) in [6.07, 6.45) is 7.28. The zero-order chi connectivity index (χ0) is 13.1. The van der Waals surface area contributed by atoms with Gasteiger partial charge in [-0.2, -0.15) is 0 Å². The van der Waals surface area contributed by atoms with Gasteiger partial charge in [0, 0.05) is 18.8 Å². The summed E-state index contributed by atoms with van der Waals surface area (Å²) in [7, 11) is 0. The van der Waals surface area contributed by atoms with E-state index < -0.39 is 0 Å². The van der Waals surface area contributed by atoms with Gasteiger partial charge in [0.1, 0.15) is 0 Å². The van der Waals surface area contributed by atoms with Crippen molar-refractivity contribution in [2.24, 2.45) is 11.8 Å². The van der Waals surface area contributed by atoms with Crippen LogP contribution < -0.4 is 5.32 Å². The molecule has 0 aliphatic heterocycles. The van der Waals surface area contributed by atoms with Crippen LogP contribution in [0.4, 0.5) is 5.95 Å². The van der Waals surface area contributed by atoms with Crippen molar-refractivity contribution in [3.8, 4) is 0 Å². The number of aryl methyl sites for hydroxylation is 1. The van der Waals surface area contributed by atoms with Crippen LogP contribution in [0.2, 0.25) is 0 Å². The van der Waals surface area contributed by atoms with E-state index in [4.69, 9.17) is 0 Å². The molecule has 1 aliphatic carbocycles. The first-order valence-electron chi connectivity index (χ1n) is 7.41. The van der Waals surface area contributed by atoms with Gasteiger partial charge in [0.05, 0.1) is 5.69 Å². The molecule has 1 heterocycles. The van der Waals surface area contributed by atoms with Crippen LogP contribution in [0.5, 0.6) is 0 Å². The maximum atomic E-state index is 4.62. The molecule has 0 radical (unpaired) electrons. The maximum Gasteiger partial charge on any atom is 0.203 e. The van der Waals surface area contributed by atoms with E-state index >= 15 is 0 Å². The third-order valence-electron chi connectivity index (χ3n) is 4.35. The minimum absolute atomic E-state index is 0.636. The average molecular weight is 249 g/mol. The van der Waals surface area contributed by atoms with Crippen LogP contribution in [-0.4, -0.2) is 16.1 Å². The first kappa shape index (κ1) is 13.4. The second-order valence-electron chi connectivity index (χ2n) is 5.96. The van der Waals surface area contributed by atoms with E-state index in [1.165, 1.54) is 19.3 Å². The summed E-state index contributed by atoms with van der Waals surface area (Å²) in [5.74, 6) is 2.77. The van der Waals surface area contributed by atoms with Crippen molar-refractivity contribution in [2.45, 2.75) is 59.4 Å². The number of nitrogens with one attached hydrogen (secondary N) is 1. The molecule has 18 heavy (non-hydrogen) atoms. The molecule has 0 spiro atoms. The summed E-state index contributed by atoms with van der Waals surface area (Å²) in [6, 6.07) is 0.636. The number of rotatable bonds is 4. The van der Waals surface area contributed by atoms with Gasteiger partial charge in [0.2, 0.25) is 5.95 Å². The molecule has 0 amide bonds. The zero-order valence-electron chi connectivity index (χ0n) is 12.2. The minimum atomic E-state index is 0.636. The monoisotopic (exact) mass is 249 g/mol. The van der Waals surface area contributed by atoms with E-state index in [-0.39, 0.29) is 0 Å². The summed E-state index contributed by atoms with van der Waals surface area (Å²) in [6.45, 7) is 10.1. The van der Waals surface area contributed by atoms with Gasteiger partial charge in [0.25, 0.3) is 0 Å². The van der Waals surface area contributed by atoms with Crippen LogP contribution in [0, 0.1) is 18.8 Å². The zero-order valence-corrected chi connectivity index (χ0v) is 12.2. The second kappa shape index (κ2) is 5.77. The highest BCUT2D eigenvalue weighted by Gasteiger charge is 2.26. The molecule has 3 nitrogen and oxygen atoms in total. The number of hydrogen-bond acceptors (Lipinski definition) is 2. The van der Waals surface area contributed by atoms with Crippen LogP contribution in [-0.2, 0) is 0 Å². The molecular weight excluding hydrogens is 222 g/mol. The third-order valence-corrected chi connectivity index (χ3v) is 4.35. The molecule has 2 rings (SSSR count). The second-order valence-corrected chi connectivity index (χ2v) is 5.96. The van der Waals surface area contributed by atoms with E-state index in [0.29, 0.717) is 6.04 Å². The van der Waals surface area contributed by atoms with E-state index in [9.17, 15) is 0 Å². The standard InChI is InChI=1S/C15H27N3/c1-5-8-16-15-17-13(4)10-18(15)14-7-6-11(2)12(3)9-14/h10-12,14H,5-9H2,1-4H3,(H,16,17). The molecule has 0 aromatic carbocycles. The summed E-state index contributed by atoms with van der Waals surface area (Å²) >= 11 is 0. The van der Waals surface area contributed by atoms with Crippen molar-refractivity contribution in [3.63, 3.8) is 0 Å². The van der Waals surface area contributed by atoms with Crippen LogP contribution in [0.25, 0.3) is 0 Å². The smallest absolute Gasteiger partial charge is 0.203 e. The van der Waals surface area contributed by atoms with Gasteiger partial charge in [-0.1, -0.05) is 20.8 Å². The molecule has 1 aromatic rings. The summed E-state index contributed by atoms with van der Waals surface area (Å²) in [5.41, 5.74) is 1.12. The van der Waals surface area contributed by atoms with Crippen molar-refractivity contribution in [1.29, 1.82) is 0 Å². The summed E-state index contributed by atoms with van der Waals surface area (Å²) in [5, 5.41) is 3.46. The lowest BCUT2D eigenvalue weighted by atomic mass is 9.79. The maximum absolute atomic E-state index is 4.62. The molecule has 1 fully saturated rings. The van der Waals surface area contributed by atoms with E-state index in [1.807, 2.05) is 0 Å². The molecule has 1 aromatic heterocycles. The molecule has 3 atom stereocenters. The number of nitrogens with zero attached hydrogens (tertiary/aromatic N) is 2. The Kier molecular flexibility index (Phi) is 4.31. The number of imidazole rings is 1. The molecule has 1 saturated carbocycles. The lowest BCUT2D eigenvalue weighted by molar-refractivity contribution is 0.212. The van der Waals surface area contributed by atoms with Crippen LogP contribution >= 0.6 is 0 Å². The molecule has 3 unspecified atom stereocenters. The van der Waals surface area contributed by atoms with E-state index in [0.717, 1.165) is 36.4 Å². The van der Waals surface area contributed by atoms with Crippen LogP contribution in [0.15, 0.2) is 6.20 Å². The summed E-state index contributed by atoms with van der Waals surface area (Å²) in [4.78, 5) is 4.62. The fourth-order valence-electron chi connectivity index (χ4n) is 2.93. The fraction of sp³-hybridized carbons (Fsp3) is 0.800. The predicted octanol–water partition coefficient (Wildman–Crippen LogP) is 4.01. The molecule has 102 valence electrons. The Balaban J connectivity index is 2.12. The van der Waals surface area contributed by atoms with Crippen molar-refractivity contribution in [2.75, 3.05) is 11.9 Å². The Morgan fingerprint density at radius 2 is 2.11 bits per heavy atom. The number of hydrogen-bond donors (Lipinski definition) is 1. The van der Waals surface area contributed by atoms with Gasteiger partial charge < -0.3 is 9.88 Å². The molecule has 0 bridgehead atoms. The van der Waals surface area contributed by atoms with Crippen LogP contribution in [0.1, 0.15) is 58.2 Å². The van der Waals surface area contributed by atoms with Gasteiger partial charge in [-0.3, -0.25) is 0 Å². The molecule has 0 saturated heterocycles. The van der Waals surface area contributed by atoms with Gasteiger partial charge in [-0.15, -0.1) is 0 Å². The highest BCUT2D eigenvalue weighted by atomic mass is 15.2. The van der Waals surface area contributed by atoms with Crippen molar-refractivity contribution in [1.82, 2.24) is 9.55 Å². The Labute approximate surface area is 111 Å². The van der Waals surface area contributed by atoms with Crippen molar-refractivity contribution in [3.05, 3.63) is 11.9 Å². The topological polar surface area (TPSA) is 29.9 Å². The Morgan fingerprint density at radius 3 is 2.78 bits per heavy atom. The van der Waals surface area contributed by atoms with Gasteiger partial charge in [0.15, 0.2) is 0 Å². The van der Waals surface area contributed by atoms with Crippen molar-refractivity contribution >= 4 is 5.95 Å². The lowest BCUT2D eigenvalue weighted by Crippen LogP contribution is -2.24. The molecule has 1 N–H and O–H groups in total. The predicted molar refractivity (Wildman–Crippen MR) is 77.0 cm³/mol. The third kappa shape index (κ3) is 2.88. The lowest BCUT2D eigenvalue weighted by Gasteiger charge is -2.33. The highest BCUT2D eigenvalue weighted by Crippen LogP contribution is 2.37. The molecule has 3 heteroatoms. The van der Waals surface area contributed by atoms with Crippen LogP contribution in [0.3, 0.4) is 0 Å². The Morgan fingerprint density at radius 1 is 1.33 bits per heavy atom. The highest BCUT2D eigenvalue weighted by molar-refractivity contribution is 5.29. The average Bonchev–Trinajstić information content (AvgIpc) is 2.71. The summed E-state index contributed by atoms with van der Waals surface area (Å²) < 4.78 is 2.38. The number of aromatic nitrogens is 2. The SMILES string of the molecule is CCCNc1nc(C)cn1C1CCC(C)C(C)C1. The van der Waals surface area contributed by atoms with Gasteiger partial charge >= 0.3 is 0 Å². The minimum Gasteiger partial charge on any atom is -0.356 e. The normalized spacial score (nSPS) is 28.3. The van der Waals surface area contributed by atoms with E-state index in [1.54, 1.807) is 0 Å². The first-order chi connectivity index (χ1) is 8.61.